The Kier molecular flexibility index (Phi) is 2.62. The molecule has 78 valence electrons. The summed E-state index contributed by atoms with van der Waals surface area (Å²) >= 11 is 1.82. The summed E-state index contributed by atoms with van der Waals surface area (Å²) in [5, 5.41) is 0. The standard InChI is InChI=1S/C11H18N2S/c1-5-9-11-10(12-6-14-11)8(4)13(9)7(2)3/h6-9H,5H2,1-4H3. The van der Waals surface area contributed by atoms with E-state index in [1.165, 1.54) is 17.0 Å². The van der Waals surface area contributed by atoms with Crippen LogP contribution < -0.4 is 0 Å². The van der Waals surface area contributed by atoms with Crippen molar-refractivity contribution in [2.75, 3.05) is 0 Å². The minimum atomic E-state index is 0.501. The van der Waals surface area contributed by atoms with Gasteiger partial charge >= 0.3 is 0 Å². The molecule has 0 saturated heterocycles. The van der Waals surface area contributed by atoms with Gasteiger partial charge in [-0.05, 0) is 27.2 Å². The first-order valence-electron chi connectivity index (χ1n) is 5.37. The molecule has 0 bridgehead atoms. The van der Waals surface area contributed by atoms with E-state index in [0.29, 0.717) is 18.1 Å². The molecule has 0 fully saturated rings. The molecular formula is C11H18N2S. The third-order valence-electron chi connectivity index (χ3n) is 3.11. The maximum absolute atomic E-state index is 4.49. The van der Waals surface area contributed by atoms with Gasteiger partial charge in [0.1, 0.15) is 0 Å². The Hall–Kier alpha value is -0.410. The van der Waals surface area contributed by atoms with E-state index in [9.17, 15) is 0 Å². The van der Waals surface area contributed by atoms with Crippen LogP contribution >= 0.6 is 11.3 Å². The molecule has 1 aromatic rings. The molecule has 2 unspecified atom stereocenters. The summed E-state index contributed by atoms with van der Waals surface area (Å²) < 4.78 is 0. The minimum Gasteiger partial charge on any atom is -0.285 e. The second-order valence-corrected chi connectivity index (χ2v) is 5.13. The van der Waals surface area contributed by atoms with Crippen LogP contribution in [-0.4, -0.2) is 15.9 Å². The van der Waals surface area contributed by atoms with Crippen molar-refractivity contribution in [2.45, 2.75) is 52.2 Å². The highest BCUT2D eigenvalue weighted by Gasteiger charge is 2.38. The normalized spacial score (nSPS) is 27.2. The molecule has 2 rings (SSSR count). The van der Waals surface area contributed by atoms with Crippen molar-refractivity contribution in [1.29, 1.82) is 0 Å². The van der Waals surface area contributed by atoms with E-state index in [0.717, 1.165) is 0 Å². The van der Waals surface area contributed by atoms with Gasteiger partial charge in [0.05, 0.1) is 17.2 Å². The summed E-state index contributed by atoms with van der Waals surface area (Å²) in [5.74, 6) is 0. The number of hydrogen-bond acceptors (Lipinski definition) is 3. The van der Waals surface area contributed by atoms with Gasteiger partial charge in [0.25, 0.3) is 0 Å². The average molecular weight is 210 g/mol. The predicted molar refractivity (Wildman–Crippen MR) is 60.5 cm³/mol. The van der Waals surface area contributed by atoms with E-state index in [1.54, 1.807) is 0 Å². The lowest BCUT2D eigenvalue weighted by Crippen LogP contribution is -2.31. The Morgan fingerprint density at radius 2 is 2.29 bits per heavy atom. The first-order valence-corrected chi connectivity index (χ1v) is 6.25. The molecule has 0 spiro atoms. The third-order valence-corrected chi connectivity index (χ3v) is 4.06. The monoisotopic (exact) mass is 210 g/mol. The Balaban J connectivity index is 2.37. The Morgan fingerprint density at radius 3 is 2.86 bits per heavy atom. The minimum absolute atomic E-state index is 0.501. The van der Waals surface area contributed by atoms with Crippen LogP contribution in [0.25, 0.3) is 0 Å². The van der Waals surface area contributed by atoms with Gasteiger partial charge in [0, 0.05) is 17.0 Å². The van der Waals surface area contributed by atoms with E-state index in [-0.39, 0.29) is 0 Å². The number of nitrogens with zero attached hydrogens (tertiary/aromatic N) is 2. The molecule has 0 aromatic carbocycles. The Morgan fingerprint density at radius 1 is 1.57 bits per heavy atom. The number of thiazole rings is 1. The average Bonchev–Trinajstić information content (AvgIpc) is 2.67. The Bertz CT molecular complexity index is 319. The molecule has 2 nitrogen and oxygen atoms in total. The second kappa shape index (κ2) is 3.63. The first kappa shape index (κ1) is 10.1. The van der Waals surface area contributed by atoms with Gasteiger partial charge in [-0.15, -0.1) is 11.3 Å². The van der Waals surface area contributed by atoms with Crippen LogP contribution in [0, 0.1) is 0 Å². The van der Waals surface area contributed by atoms with Gasteiger partial charge < -0.3 is 0 Å². The van der Waals surface area contributed by atoms with Gasteiger partial charge in [-0.1, -0.05) is 6.92 Å². The molecule has 0 amide bonds. The van der Waals surface area contributed by atoms with Crippen molar-refractivity contribution < 1.29 is 0 Å². The van der Waals surface area contributed by atoms with Gasteiger partial charge in [-0.3, -0.25) is 4.90 Å². The van der Waals surface area contributed by atoms with Crippen LogP contribution in [-0.2, 0) is 0 Å². The van der Waals surface area contributed by atoms with Crippen LogP contribution in [0.2, 0.25) is 0 Å². The fraction of sp³-hybridized carbons (Fsp3) is 0.727. The van der Waals surface area contributed by atoms with E-state index < -0.39 is 0 Å². The first-order chi connectivity index (χ1) is 6.66. The predicted octanol–water partition coefficient (Wildman–Crippen LogP) is 3.38. The molecule has 14 heavy (non-hydrogen) atoms. The molecule has 1 aliphatic rings. The lowest BCUT2D eigenvalue weighted by molar-refractivity contribution is 0.125. The van der Waals surface area contributed by atoms with Crippen molar-refractivity contribution in [3.05, 3.63) is 16.1 Å². The molecule has 0 N–H and O–H groups in total. The lowest BCUT2D eigenvalue weighted by atomic mass is 10.2. The zero-order valence-corrected chi connectivity index (χ0v) is 10.1. The van der Waals surface area contributed by atoms with Crippen LogP contribution in [0.4, 0.5) is 0 Å². The van der Waals surface area contributed by atoms with Gasteiger partial charge in [-0.2, -0.15) is 0 Å². The summed E-state index contributed by atoms with van der Waals surface area (Å²) in [6.45, 7) is 9.08. The van der Waals surface area contributed by atoms with Crippen molar-refractivity contribution in [1.82, 2.24) is 9.88 Å². The van der Waals surface area contributed by atoms with Crippen molar-refractivity contribution in [3.8, 4) is 0 Å². The molecule has 0 saturated carbocycles. The van der Waals surface area contributed by atoms with Gasteiger partial charge in [0.15, 0.2) is 0 Å². The molecule has 2 atom stereocenters. The summed E-state index contributed by atoms with van der Waals surface area (Å²) in [6, 6.07) is 1.71. The Labute approximate surface area is 90.0 Å². The maximum Gasteiger partial charge on any atom is 0.0799 e. The quantitative estimate of drug-likeness (QED) is 0.744. The number of rotatable bonds is 2. The molecule has 1 aromatic heterocycles. The lowest BCUT2D eigenvalue weighted by Gasteiger charge is -2.31. The zero-order chi connectivity index (χ0) is 10.3. The molecule has 2 heterocycles. The summed E-state index contributed by atoms with van der Waals surface area (Å²) in [6.07, 6.45) is 1.19. The van der Waals surface area contributed by atoms with Crippen LogP contribution in [0.3, 0.4) is 0 Å². The van der Waals surface area contributed by atoms with Crippen molar-refractivity contribution in [3.63, 3.8) is 0 Å². The highest BCUT2D eigenvalue weighted by Crippen LogP contribution is 2.45. The maximum atomic E-state index is 4.49. The van der Waals surface area contributed by atoms with Crippen molar-refractivity contribution >= 4 is 11.3 Å². The summed E-state index contributed by atoms with van der Waals surface area (Å²) in [7, 11) is 0. The molecule has 3 heteroatoms. The summed E-state index contributed by atoms with van der Waals surface area (Å²) in [5.41, 5.74) is 3.30. The van der Waals surface area contributed by atoms with Gasteiger partial charge in [0.2, 0.25) is 0 Å². The number of aromatic nitrogens is 1. The molecular weight excluding hydrogens is 192 g/mol. The third kappa shape index (κ3) is 1.30. The van der Waals surface area contributed by atoms with Crippen LogP contribution in [0.1, 0.15) is 56.8 Å². The highest BCUT2D eigenvalue weighted by molar-refractivity contribution is 7.09. The topological polar surface area (TPSA) is 16.1 Å². The number of fused-ring (bicyclic) bond motifs is 1. The number of hydrogen-bond donors (Lipinski definition) is 0. The molecule has 0 radical (unpaired) electrons. The molecule has 1 aliphatic heterocycles. The highest BCUT2D eigenvalue weighted by atomic mass is 32.1. The van der Waals surface area contributed by atoms with Crippen LogP contribution in [0.5, 0.6) is 0 Å². The van der Waals surface area contributed by atoms with Gasteiger partial charge in [-0.25, -0.2) is 4.98 Å². The fourth-order valence-electron chi connectivity index (χ4n) is 2.58. The summed E-state index contributed by atoms with van der Waals surface area (Å²) in [4.78, 5) is 8.56. The smallest absolute Gasteiger partial charge is 0.0799 e. The molecule has 0 aliphatic carbocycles. The van der Waals surface area contributed by atoms with Crippen LogP contribution in [0.15, 0.2) is 5.51 Å². The van der Waals surface area contributed by atoms with Crippen molar-refractivity contribution in [2.24, 2.45) is 0 Å². The largest absolute Gasteiger partial charge is 0.285 e. The van der Waals surface area contributed by atoms with E-state index in [1.807, 2.05) is 16.8 Å². The zero-order valence-electron chi connectivity index (χ0n) is 9.32. The van der Waals surface area contributed by atoms with E-state index in [4.69, 9.17) is 0 Å². The second-order valence-electron chi connectivity index (χ2n) is 4.24. The van der Waals surface area contributed by atoms with E-state index in [2.05, 4.69) is 37.6 Å². The van der Waals surface area contributed by atoms with E-state index >= 15 is 0 Å². The fourth-order valence-corrected chi connectivity index (χ4v) is 3.65. The SMILES string of the molecule is CCC1c2scnc2C(C)N1C(C)C.